The number of nitrogens with zero attached hydrogens (tertiary/aromatic N) is 3. The van der Waals surface area contributed by atoms with E-state index in [4.69, 9.17) is 4.74 Å². The molecule has 5 heteroatoms. The van der Waals surface area contributed by atoms with Crippen molar-refractivity contribution in [2.45, 2.75) is 39.0 Å². The van der Waals surface area contributed by atoms with Crippen LogP contribution in [0.1, 0.15) is 27.3 Å². The molecule has 1 aromatic heterocycles. The van der Waals surface area contributed by atoms with E-state index >= 15 is 0 Å². The lowest BCUT2D eigenvalue weighted by Gasteiger charge is -2.33. The topological polar surface area (TPSA) is 37.7 Å². The number of hydrogen-bond acceptors (Lipinski definition) is 4. The van der Waals surface area contributed by atoms with E-state index < -0.39 is 0 Å². The van der Waals surface area contributed by atoms with Crippen molar-refractivity contribution in [3.05, 3.63) is 58.9 Å². The number of likely N-dealkylation sites (tertiary alicyclic amines) is 1. The van der Waals surface area contributed by atoms with Gasteiger partial charge < -0.3 is 9.30 Å². The van der Waals surface area contributed by atoms with Crippen molar-refractivity contribution in [1.82, 2.24) is 14.4 Å². The van der Waals surface area contributed by atoms with Gasteiger partial charge in [0, 0.05) is 49.2 Å². The molecule has 0 amide bonds. The number of carbonyl (C=O) groups is 1. The van der Waals surface area contributed by atoms with E-state index in [2.05, 4.69) is 65.6 Å². The van der Waals surface area contributed by atoms with E-state index in [-0.39, 0.29) is 11.9 Å². The summed E-state index contributed by atoms with van der Waals surface area (Å²) in [5.41, 5.74) is 4.44. The Kier molecular flexibility index (Phi) is 5.67. The van der Waals surface area contributed by atoms with Gasteiger partial charge in [0.25, 0.3) is 0 Å². The third kappa shape index (κ3) is 3.93. The minimum Gasteiger partial charge on any atom is -0.374 e. The summed E-state index contributed by atoms with van der Waals surface area (Å²) in [5, 5.41) is 0. The Morgan fingerprint density at radius 3 is 2.71 bits per heavy atom. The number of morpholine rings is 1. The molecule has 28 heavy (non-hydrogen) atoms. The number of benzene rings is 1. The lowest BCUT2D eigenvalue weighted by atomic mass is 10.1. The van der Waals surface area contributed by atoms with E-state index in [9.17, 15) is 4.79 Å². The number of aromatic nitrogens is 1. The van der Waals surface area contributed by atoms with Crippen LogP contribution < -0.4 is 0 Å². The standard InChI is InChI=1S/C23H31N3O2/c1-17-13-20(18(2)26(17)10-9-19-7-5-4-6-8-19)22(27)15-25-14-21-23(16-25)28-12-11-24(21)3/h4-8,13,21,23H,9-12,14-16H2,1-3H3. The number of carbonyl (C=O) groups excluding carboxylic acids is 1. The fourth-order valence-corrected chi connectivity index (χ4v) is 4.66. The summed E-state index contributed by atoms with van der Waals surface area (Å²) in [7, 11) is 2.16. The van der Waals surface area contributed by atoms with Crippen molar-refractivity contribution in [1.29, 1.82) is 0 Å². The Labute approximate surface area is 167 Å². The van der Waals surface area contributed by atoms with Crippen LogP contribution in [0, 0.1) is 13.8 Å². The van der Waals surface area contributed by atoms with Crippen LogP contribution >= 0.6 is 0 Å². The minimum absolute atomic E-state index is 0.223. The second-order valence-corrected chi connectivity index (χ2v) is 8.25. The SMILES string of the molecule is Cc1cc(C(=O)CN2CC3OCCN(C)C3C2)c(C)n1CCc1ccccc1. The highest BCUT2D eigenvalue weighted by Gasteiger charge is 2.39. The van der Waals surface area contributed by atoms with Crippen LogP contribution in [0.2, 0.25) is 0 Å². The van der Waals surface area contributed by atoms with E-state index in [1.54, 1.807) is 0 Å². The maximum absolute atomic E-state index is 13.0. The zero-order valence-corrected chi connectivity index (χ0v) is 17.2. The van der Waals surface area contributed by atoms with Gasteiger partial charge in [-0.05, 0) is 38.9 Å². The first-order chi connectivity index (χ1) is 13.5. The van der Waals surface area contributed by atoms with Gasteiger partial charge in [0.1, 0.15) is 0 Å². The van der Waals surface area contributed by atoms with Crippen LogP contribution in [0.25, 0.3) is 0 Å². The second-order valence-electron chi connectivity index (χ2n) is 8.25. The average Bonchev–Trinajstić information content (AvgIpc) is 3.22. The molecular formula is C23H31N3O2. The summed E-state index contributed by atoms with van der Waals surface area (Å²) < 4.78 is 8.19. The molecule has 4 rings (SSSR count). The number of ketones is 1. The quantitative estimate of drug-likeness (QED) is 0.721. The lowest BCUT2D eigenvalue weighted by molar-refractivity contribution is -0.0369. The van der Waals surface area contributed by atoms with Crippen LogP contribution in [0.4, 0.5) is 0 Å². The van der Waals surface area contributed by atoms with Gasteiger partial charge in [0.05, 0.1) is 19.3 Å². The zero-order chi connectivity index (χ0) is 19.7. The Morgan fingerprint density at radius 2 is 1.96 bits per heavy atom. The highest BCUT2D eigenvalue weighted by Crippen LogP contribution is 2.23. The first-order valence-corrected chi connectivity index (χ1v) is 10.3. The van der Waals surface area contributed by atoms with Crippen LogP contribution in [0.5, 0.6) is 0 Å². The minimum atomic E-state index is 0.223. The Balaban J connectivity index is 1.41. The molecule has 1 aromatic carbocycles. The molecule has 2 aromatic rings. The third-order valence-electron chi connectivity index (χ3n) is 6.36. The van der Waals surface area contributed by atoms with Crippen molar-refractivity contribution < 1.29 is 9.53 Å². The predicted octanol–water partition coefficient (Wildman–Crippen LogP) is 2.55. The second kappa shape index (κ2) is 8.19. The first kappa shape index (κ1) is 19.4. The van der Waals surface area contributed by atoms with Gasteiger partial charge in [-0.3, -0.25) is 14.6 Å². The maximum atomic E-state index is 13.0. The number of aryl methyl sites for hydroxylation is 2. The zero-order valence-electron chi connectivity index (χ0n) is 17.2. The number of rotatable bonds is 6. The molecule has 0 saturated carbocycles. The monoisotopic (exact) mass is 381 g/mol. The summed E-state index contributed by atoms with van der Waals surface area (Å²) in [6, 6.07) is 13.0. The summed E-state index contributed by atoms with van der Waals surface area (Å²) in [6.07, 6.45) is 1.22. The van der Waals surface area contributed by atoms with Crippen molar-refractivity contribution in [2.75, 3.05) is 39.8 Å². The van der Waals surface area contributed by atoms with Gasteiger partial charge in [-0.15, -0.1) is 0 Å². The van der Waals surface area contributed by atoms with Crippen molar-refractivity contribution in [2.24, 2.45) is 0 Å². The fourth-order valence-electron chi connectivity index (χ4n) is 4.66. The molecule has 0 radical (unpaired) electrons. The van der Waals surface area contributed by atoms with E-state index in [0.29, 0.717) is 12.6 Å². The predicted molar refractivity (Wildman–Crippen MR) is 111 cm³/mol. The van der Waals surface area contributed by atoms with Gasteiger partial charge in [-0.25, -0.2) is 0 Å². The third-order valence-corrected chi connectivity index (χ3v) is 6.36. The van der Waals surface area contributed by atoms with Crippen molar-refractivity contribution in [3.8, 4) is 0 Å². The maximum Gasteiger partial charge on any atom is 0.178 e. The Hall–Kier alpha value is -1.95. The molecule has 2 aliphatic rings. The van der Waals surface area contributed by atoms with Gasteiger partial charge in [0.2, 0.25) is 0 Å². The highest BCUT2D eigenvalue weighted by molar-refractivity contribution is 5.99. The normalized spacial score (nSPS) is 23.1. The van der Waals surface area contributed by atoms with Gasteiger partial charge >= 0.3 is 0 Å². The molecule has 2 atom stereocenters. The van der Waals surface area contributed by atoms with Crippen LogP contribution in [0.3, 0.4) is 0 Å². The number of Topliss-reactive ketones (excluding diaryl/α,β-unsaturated/α-hetero) is 1. The largest absolute Gasteiger partial charge is 0.374 e. The van der Waals surface area contributed by atoms with Crippen LogP contribution in [-0.2, 0) is 17.7 Å². The molecule has 0 aliphatic carbocycles. The molecule has 2 aliphatic heterocycles. The van der Waals surface area contributed by atoms with Crippen molar-refractivity contribution >= 4 is 5.78 Å². The smallest absolute Gasteiger partial charge is 0.178 e. The Bertz CT molecular complexity index is 830. The van der Waals surface area contributed by atoms with E-state index in [1.165, 1.54) is 5.56 Å². The summed E-state index contributed by atoms with van der Waals surface area (Å²) in [5.74, 6) is 0.223. The molecule has 2 saturated heterocycles. The van der Waals surface area contributed by atoms with Crippen LogP contribution in [-0.4, -0.2) is 72.1 Å². The molecule has 150 valence electrons. The average molecular weight is 382 g/mol. The molecule has 0 bridgehead atoms. The number of hydrogen-bond donors (Lipinski definition) is 0. The number of ether oxygens (including phenoxy) is 1. The molecule has 2 fully saturated rings. The molecular weight excluding hydrogens is 350 g/mol. The van der Waals surface area contributed by atoms with E-state index in [0.717, 1.165) is 56.2 Å². The first-order valence-electron chi connectivity index (χ1n) is 10.3. The molecule has 0 N–H and O–H groups in total. The van der Waals surface area contributed by atoms with Crippen molar-refractivity contribution in [3.63, 3.8) is 0 Å². The van der Waals surface area contributed by atoms with Gasteiger partial charge in [-0.1, -0.05) is 30.3 Å². The number of fused-ring (bicyclic) bond motifs is 1. The molecule has 0 spiro atoms. The summed E-state index contributed by atoms with van der Waals surface area (Å²) in [4.78, 5) is 17.7. The fraction of sp³-hybridized carbons (Fsp3) is 0.522. The summed E-state index contributed by atoms with van der Waals surface area (Å²) in [6.45, 7) is 9.10. The molecule has 3 heterocycles. The highest BCUT2D eigenvalue weighted by atomic mass is 16.5. The van der Waals surface area contributed by atoms with Gasteiger partial charge in [-0.2, -0.15) is 0 Å². The Morgan fingerprint density at radius 1 is 1.18 bits per heavy atom. The summed E-state index contributed by atoms with van der Waals surface area (Å²) >= 11 is 0. The van der Waals surface area contributed by atoms with E-state index in [1.807, 2.05) is 6.07 Å². The van der Waals surface area contributed by atoms with Crippen LogP contribution in [0.15, 0.2) is 36.4 Å². The van der Waals surface area contributed by atoms with Gasteiger partial charge in [0.15, 0.2) is 5.78 Å². The molecule has 5 nitrogen and oxygen atoms in total. The lowest BCUT2D eigenvalue weighted by Crippen LogP contribution is -2.48. The molecule has 2 unspecified atom stereocenters. The number of likely N-dealkylation sites (N-methyl/N-ethyl adjacent to an activating group) is 1.